The molecule has 1 aliphatic carbocycles. The zero-order valence-electron chi connectivity index (χ0n) is 9.19. The fraction of sp³-hybridized carbons (Fsp3) is 0.417. The smallest absolute Gasteiger partial charge is 0.337 e. The summed E-state index contributed by atoms with van der Waals surface area (Å²) in [6, 6.07) is 4.56. The topological polar surface area (TPSA) is 54.4 Å². The number of carbonyl (C=O) groups is 1. The molecule has 3 nitrogen and oxygen atoms in total. The van der Waals surface area contributed by atoms with Crippen LogP contribution in [0.25, 0.3) is 0 Å². The van der Waals surface area contributed by atoms with Crippen LogP contribution in [0.5, 0.6) is 0 Å². The van der Waals surface area contributed by atoms with Crippen LogP contribution in [0.4, 0.5) is 0 Å². The Labute approximate surface area is 107 Å². The van der Waals surface area contributed by atoms with Gasteiger partial charge in [-0.25, -0.2) is 4.79 Å². The van der Waals surface area contributed by atoms with Crippen molar-refractivity contribution in [2.24, 2.45) is 5.92 Å². The van der Waals surface area contributed by atoms with Gasteiger partial charge in [0.05, 0.1) is 21.4 Å². The molecule has 0 spiro atoms. The summed E-state index contributed by atoms with van der Waals surface area (Å²) in [4.78, 5) is 11.5. The van der Waals surface area contributed by atoms with E-state index in [-0.39, 0.29) is 10.6 Å². The summed E-state index contributed by atoms with van der Waals surface area (Å²) in [6.45, 7) is 0. The maximum absolute atomic E-state index is 12.0. The quantitative estimate of drug-likeness (QED) is 0.917. The summed E-state index contributed by atoms with van der Waals surface area (Å²) in [7, 11) is -1.12. The van der Waals surface area contributed by atoms with Crippen molar-refractivity contribution in [3.8, 4) is 0 Å². The summed E-state index contributed by atoms with van der Waals surface area (Å²) >= 11 is 5.76. The minimum Gasteiger partial charge on any atom is -0.478 e. The predicted molar refractivity (Wildman–Crippen MR) is 67.0 cm³/mol. The van der Waals surface area contributed by atoms with Crippen LogP contribution in [0.15, 0.2) is 23.1 Å². The number of rotatable bonds is 4. The van der Waals surface area contributed by atoms with Crippen molar-refractivity contribution in [3.63, 3.8) is 0 Å². The highest BCUT2D eigenvalue weighted by atomic mass is 35.5. The summed E-state index contributed by atoms with van der Waals surface area (Å²) in [5.41, 5.74) is 0.0196. The van der Waals surface area contributed by atoms with Crippen molar-refractivity contribution in [1.82, 2.24) is 0 Å². The van der Waals surface area contributed by atoms with E-state index in [1.807, 2.05) is 0 Å². The lowest BCUT2D eigenvalue weighted by atomic mass is 9.87. The first kappa shape index (κ1) is 12.6. The molecule has 1 fully saturated rings. The third-order valence-corrected chi connectivity index (χ3v) is 4.93. The van der Waals surface area contributed by atoms with Crippen molar-refractivity contribution in [2.75, 3.05) is 5.75 Å². The molecule has 0 bridgehead atoms. The average molecular weight is 273 g/mol. The second-order valence-corrected chi connectivity index (χ2v) is 6.16. The molecular weight excluding hydrogens is 260 g/mol. The van der Waals surface area contributed by atoms with Gasteiger partial charge in [-0.05, 0) is 37.0 Å². The van der Waals surface area contributed by atoms with Gasteiger partial charge in [0.15, 0.2) is 0 Å². The van der Waals surface area contributed by atoms with Crippen LogP contribution < -0.4 is 0 Å². The Hall–Kier alpha value is -0.870. The molecule has 0 aliphatic heterocycles. The highest BCUT2D eigenvalue weighted by Crippen LogP contribution is 2.29. The van der Waals surface area contributed by atoms with Crippen LogP contribution in [-0.4, -0.2) is 21.0 Å². The maximum Gasteiger partial charge on any atom is 0.337 e. The van der Waals surface area contributed by atoms with Crippen LogP contribution in [0.2, 0.25) is 5.02 Å². The van der Waals surface area contributed by atoms with Gasteiger partial charge in [0.2, 0.25) is 0 Å². The van der Waals surface area contributed by atoms with Crippen molar-refractivity contribution < 1.29 is 14.1 Å². The largest absolute Gasteiger partial charge is 0.478 e. The van der Waals surface area contributed by atoms with Crippen molar-refractivity contribution >= 4 is 28.4 Å². The van der Waals surface area contributed by atoms with Gasteiger partial charge in [-0.15, -0.1) is 0 Å². The number of carboxylic acid groups (broad SMARTS) is 1. The molecule has 0 saturated heterocycles. The van der Waals surface area contributed by atoms with E-state index >= 15 is 0 Å². The molecule has 92 valence electrons. The second-order valence-electron chi connectivity index (χ2n) is 4.26. The minimum atomic E-state index is -1.12. The predicted octanol–water partition coefficient (Wildman–Crippen LogP) is 2.95. The van der Waals surface area contributed by atoms with Crippen molar-refractivity contribution in [3.05, 3.63) is 28.8 Å². The lowest BCUT2D eigenvalue weighted by Gasteiger charge is -2.24. The van der Waals surface area contributed by atoms with Crippen LogP contribution in [0.3, 0.4) is 0 Å². The van der Waals surface area contributed by atoms with E-state index in [1.165, 1.54) is 18.6 Å². The SMILES string of the molecule is O=C(O)c1cc(S(=O)CC2CCC2)ccc1Cl. The third kappa shape index (κ3) is 2.87. The molecule has 0 aromatic heterocycles. The summed E-state index contributed by atoms with van der Waals surface area (Å²) in [6.07, 6.45) is 3.47. The first-order chi connectivity index (χ1) is 8.08. The molecule has 1 saturated carbocycles. The van der Waals surface area contributed by atoms with E-state index in [9.17, 15) is 9.00 Å². The molecule has 1 aliphatic rings. The number of halogens is 1. The first-order valence-corrected chi connectivity index (χ1v) is 7.19. The molecule has 1 atom stereocenters. The van der Waals surface area contributed by atoms with Gasteiger partial charge in [-0.2, -0.15) is 0 Å². The fourth-order valence-electron chi connectivity index (χ4n) is 1.78. The molecule has 1 aromatic carbocycles. The Morgan fingerprint density at radius 3 is 2.71 bits per heavy atom. The molecule has 1 N–H and O–H groups in total. The van der Waals surface area contributed by atoms with E-state index in [1.54, 1.807) is 6.07 Å². The third-order valence-electron chi connectivity index (χ3n) is 3.04. The van der Waals surface area contributed by atoms with Gasteiger partial charge in [-0.1, -0.05) is 18.0 Å². The zero-order valence-corrected chi connectivity index (χ0v) is 10.8. The molecule has 1 aromatic rings. The Morgan fingerprint density at radius 2 is 2.18 bits per heavy atom. The number of aromatic carboxylic acids is 1. The monoisotopic (exact) mass is 272 g/mol. The molecular formula is C12H13ClO3S. The number of hydrogen-bond acceptors (Lipinski definition) is 2. The molecule has 0 heterocycles. The summed E-state index contributed by atoms with van der Waals surface area (Å²) in [5, 5.41) is 9.11. The average Bonchev–Trinajstić information content (AvgIpc) is 2.23. The molecule has 2 rings (SSSR count). The van der Waals surface area contributed by atoms with Crippen LogP contribution >= 0.6 is 11.6 Å². The lowest BCUT2D eigenvalue weighted by molar-refractivity contribution is 0.0697. The molecule has 0 radical (unpaired) electrons. The van der Waals surface area contributed by atoms with Gasteiger partial charge in [-0.3, -0.25) is 4.21 Å². The number of hydrogen-bond donors (Lipinski definition) is 1. The van der Waals surface area contributed by atoms with E-state index in [2.05, 4.69) is 0 Å². The Kier molecular flexibility index (Phi) is 3.84. The summed E-state index contributed by atoms with van der Waals surface area (Å²) < 4.78 is 12.0. The zero-order chi connectivity index (χ0) is 12.4. The highest BCUT2D eigenvalue weighted by Gasteiger charge is 2.21. The van der Waals surface area contributed by atoms with Crippen molar-refractivity contribution in [1.29, 1.82) is 0 Å². The normalized spacial score (nSPS) is 17.5. The van der Waals surface area contributed by atoms with Gasteiger partial charge in [0.1, 0.15) is 0 Å². The maximum atomic E-state index is 12.0. The van der Waals surface area contributed by atoms with E-state index in [4.69, 9.17) is 16.7 Å². The molecule has 1 unspecified atom stereocenters. The van der Waals surface area contributed by atoms with E-state index in [0.717, 1.165) is 12.8 Å². The lowest BCUT2D eigenvalue weighted by Crippen LogP contribution is -2.18. The minimum absolute atomic E-state index is 0.0196. The van der Waals surface area contributed by atoms with E-state index < -0.39 is 16.8 Å². The van der Waals surface area contributed by atoms with Gasteiger partial charge >= 0.3 is 5.97 Å². The Bertz CT molecular complexity index is 469. The standard InChI is InChI=1S/C12H13ClO3S/c13-11-5-4-9(6-10(11)12(14)15)17(16)7-8-2-1-3-8/h4-6,8H,1-3,7H2,(H,14,15). The first-order valence-electron chi connectivity index (χ1n) is 5.49. The molecule has 0 amide bonds. The molecule has 5 heteroatoms. The second kappa shape index (κ2) is 5.19. The van der Waals surface area contributed by atoms with Crippen LogP contribution in [-0.2, 0) is 10.8 Å². The van der Waals surface area contributed by atoms with Gasteiger partial charge in [0.25, 0.3) is 0 Å². The fourth-order valence-corrected chi connectivity index (χ4v) is 3.40. The number of carboxylic acids is 1. The van der Waals surface area contributed by atoms with Gasteiger partial charge in [0, 0.05) is 10.6 Å². The van der Waals surface area contributed by atoms with Gasteiger partial charge < -0.3 is 5.11 Å². The van der Waals surface area contributed by atoms with Crippen LogP contribution in [0.1, 0.15) is 29.6 Å². The summed E-state index contributed by atoms with van der Waals surface area (Å²) in [5.74, 6) is 0.0676. The number of benzene rings is 1. The highest BCUT2D eigenvalue weighted by molar-refractivity contribution is 7.85. The Morgan fingerprint density at radius 1 is 1.47 bits per heavy atom. The van der Waals surface area contributed by atoms with Crippen molar-refractivity contribution in [2.45, 2.75) is 24.2 Å². The van der Waals surface area contributed by atoms with Crippen LogP contribution in [0, 0.1) is 5.92 Å². The Balaban J connectivity index is 2.17. The molecule has 17 heavy (non-hydrogen) atoms. The van der Waals surface area contributed by atoms with E-state index in [0.29, 0.717) is 16.6 Å².